The lowest BCUT2D eigenvalue weighted by Gasteiger charge is -2.12. The van der Waals surface area contributed by atoms with Crippen LogP contribution in [0.15, 0.2) is 77.7 Å². The summed E-state index contributed by atoms with van der Waals surface area (Å²) in [5.74, 6) is 0.0418. The first kappa shape index (κ1) is 20.6. The van der Waals surface area contributed by atoms with Gasteiger partial charge < -0.3 is 5.32 Å². The fraction of sp³-hybridized carbons (Fsp3) is 0.174. The van der Waals surface area contributed by atoms with Crippen molar-refractivity contribution < 1.29 is 13.2 Å². The molecule has 0 aliphatic heterocycles. The van der Waals surface area contributed by atoms with E-state index >= 15 is 0 Å². The van der Waals surface area contributed by atoms with Crippen molar-refractivity contribution in [1.82, 2.24) is 0 Å². The number of hydrogen-bond donors (Lipinski definition) is 2. The van der Waals surface area contributed by atoms with Gasteiger partial charge >= 0.3 is 0 Å². The number of aryl methyl sites for hydroxylation is 1. The Kier molecular flexibility index (Phi) is 6.03. The lowest BCUT2D eigenvalue weighted by Crippen LogP contribution is -2.17. The van der Waals surface area contributed by atoms with Crippen LogP contribution in [0.2, 0.25) is 0 Å². The average molecular weight is 409 g/mol. The molecule has 150 valence electrons. The van der Waals surface area contributed by atoms with E-state index in [1.54, 1.807) is 43.3 Å². The first-order valence-corrected chi connectivity index (χ1v) is 10.8. The molecule has 0 fully saturated rings. The molecule has 0 radical (unpaired) electrons. The zero-order chi connectivity index (χ0) is 21.0. The van der Waals surface area contributed by atoms with Gasteiger partial charge in [0.05, 0.1) is 4.90 Å². The van der Waals surface area contributed by atoms with Crippen LogP contribution >= 0.6 is 0 Å². The second kappa shape index (κ2) is 8.49. The van der Waals surface area contributed by atoms with Crippen molar-refractivity contribution in [2.45, 2.75) is 31.6 Å². The van der Waals surface area contributed by atoms with Gasteiger partial charge in [0.2, 0.25) is 0 Å². The highest BCUT2D eigenvalue weighted by Gasteiger charge is 2.19. The molecule has 0 bridgehead atoms. The number of rotatable bonds is 6. The number of sulfonamides is 1. The monoisotopic (exact) mass is 408 g/mol. The Bertz CT molecular complexity index is 1110. The Balaban J connectivity index is 1.83. The predicted molar refractivity (Wildman–Crippen MR) is 117 cm³/mol. The molecule has 5 nitrogen and oxygen atoms in total. The number of nitrogens with one attached hydrogen (secondary N) is 2. The molecule has 0 heterocycles. The van der Waals surface area contributed by atoms with Crippen LogP contribution in [0.25, 0.3) is 0 Å². The molecule has 3 rings (SSSR count). The largest absolute Gasteiger partial charge is 0.322 e. The molecule has 0 saturated heterocycles. The van der Waals surface area contributed by atoms with Gasteiger partial charge in [-0.1, -0.05) is 50.2 Å². The van der Waals surface area contributed by atoms with E-state index in [1.165, 1.54) is 11.6 Å². The smallest absolute Gasteiger partial charge is 0.262 e. The molecule has 3 aromatic carbocycles. The van der Waals surface area contributed by atoms with Crippen LogP contribution in [0.4, 0.5) is 11.4 Å². The molecule has 0 spiro atoms. The maximum absolute atomic E-state index is 12.8. The van der Waals surface area contributed by atoms with Gasteiger partial charge in [0.1, 0.15) is 0 Å². The highest BCUT2D eigenvalue weighted by Crippen LogP contribution is 2.22. The minimum atomic E-state index is -3.82. The lowest BCUT2D eigenvalue weighted by atomic mass is 10.0. The van der Waals surface area contributed by atoms with Crippen molar-refractivity contribution in [2.24, 2.45) is 0 Å². The predicted octanol–water partition coefficient (Wildman–Crippen LogP) is 5.17. The molecule has 6 heteroatoms. The van der Waals surface area contributed by atoms with Crippen LogP contribution in [0, 0.1) is 6.92 Å². The van der Waals surface area contributed by atoms with E-state index in [9.17, 15) is 13.2 Å². The first-order chi connectivity index (χ1) is 13.8. The zero-order valence-electron chi connectivity index (χ0n) is 16.6. The summed E-state index contributed by atoms with van der Waals surface area (Å²) in [4.78, 5) is 12.7. The van der Waals surface area contributed by atoms with Crippen molar-refractivity contribution in [1.29, 1.82) is 0 Å². The number of carbonyl (C=O) groups is 1. The van der Waals surface area contributed by atoms with Crippen LogP contribution in [0.5, 0.6) is 0 Å². The number of benzene rings is 3. The van der Waals surface area contributed by atoms with Gasteiger partial charge in [0, 0.05) is 16.9 Å². The Labute approximate surface area is 171 Å². The van der Waals surface area contributed by atoms with E-state index in [4.69, 9.17) is 0 Å². The van der Waals surface area contributed by atoms with Crippen molar-refractivity contribution in [3.63, 3.8) is 0 Å². The van der Waals surface area contributed by atoms with Crippen LogP contribution < -0.4 is 10.0 Å². The summed E-state index contributed by atoms with van der Waals surface area (Å²) in [7, 11) is -3.82. The number of carbonyl (C=O) groups excluding carboxylic acids is 1. The minimum absolute atomic E-state index is 0.0733. The molecule has 0 aromatic heterocycles. The van der Waals surface area contributed by atoms with Crippen molar-refractivity contribution >= 4 is 27.3 Å². The summed E-state index contributed by atoms with van der Waals surface area (Å²) in [5.41, 5.74) is 3.14. The summed E-state index contributed by atoms with van der Waals surface area (Å²) in [6.45, 7) is 5.91. The third-order valence-electron chi connectivity index (χ3n) is 4.60. The second-order valence-electron chi connectivity index (χ2n) is 7.18. The normalized spacial score (nSPS) is 11.3. The molecule has 0 saturated carbocycles. The van der Waals surface area contributed by atoms with Crippen molar-refractivity contribution in [3.8, 4) is 0 Å². The summed E-state index contributed by atoms with van der Waals surface area (Å²) in [6.07, 6.45) is 0. The summed E-state index contributed by atoms with van der Waals surface area (Å²) in [6, 6.07) is 20.9. The SMILES string of the molecule is Cc1ccc(C(=O)Nc2ccc(C(C)C)cc2)cc1S(=O)(=O)Nc1ccccc1. The summed E-state index contributed by atoms with van der Waals surface area (Å²) < 4.78 is 28.2. The Morgan fingerprint density at radius 1 is 0.862 bits per heavy atom. The fourth-order valence-corrected chi connectivity index (χ4v) is 4.23. The maximum atomic E-state index is 12.8. The number of amides is 1. The molecule has 0 atom stereocenters. The van der Waals surface area contributed by atoms with Gasteiger partial charge in [0.25, 0.3) is 15.9 Å². The van der Waals surface area contributed by atoms with Crippen molar-refractivity contribution in [2.75, 3.05) is 10.0 Å². The molecule has 1 amide bonds. The topological polar surface area (TPSA) is 75.3 Å². The number of para-hydroxylation sites is 1. The number of anilines is 2. The van der Waals surface area contributed by atoms with E-state index in [0.717, 1.165) is 0 Å². The van der Waals surface area contributed by atoms with Gasteiger partial charge in [-0.2, -0.15) is 0 Å². The van der Waals surface area contributed by atoms with Gasteiger partial charge in [-0.25, -0.2) is 8.42 Å². The molecule has 2 N–H and O–H groups in total. The minimum Gasteiger partial charge on any atom is -0.322 e. The molecular weight excluding hydrogens is 384 g/mol. The van der Waals surface area contributed by atoms with Crippen molar-refractivity contribution in [3.05, 3.63) is 89.5 Å². The van der Waals surface area contributed by atoms with E-state index in [-0.39, 0.29) is 16.4 Å². The van der Waals surface area contributed by atoms with Crippen LogP contribution in [-0.4, -0.2) is 14.3 Å². The van der Waals surface area contributed by atoms with Gasteiger partial charge in [-0.15, -0.1) is 0 Å². The Hall–Kier alpha value is -3.12. The van der Waals surface area contributed by atoms with E-state index in [2.05, 4.69) is 23.9 Å². The summed E-state index contributed by atoms with van der Waals surface area (Å²) in [5, 5.41) is 2.82. The Morgan fingerprint density at radius 3 is 2.14 bits per heavy atom. The molecule has 0 aliphatic carbocycles. The standard InChI is InChI=1S/C23H24N2O3S/c1-16(2)18-11-13-20(14-12-18)24-23(26)19-10-9-17(3)22(15-19)29(27,28)25-21-7-5-4-6-8-21/h4-16,25H,1-3H3,(H,24,26). The lowest BCUT2D eigenvalue weighted by molar-refractivity contribution is 0.102. The van der Waals surface area contributed by atoms with Gasteiger partial charge in [-0.3, -0.25) is 9.52 Å². The summed E-state index contributed by atoms with van der Waals surface area (Å²) >= 11 is 0. The van der Waals surface area contributed by atoms with Gasteiger partial charge in [0.15, 0.2) is 0 Å². The molecule has 0 aliphatic rings. The molecule has 29 heavy (non-hydrogen) atoms. The maximum Gasteiger partial charge on any atom is 0.262 e. The van der Waals surface area contributed by atoms with E-state index in [0.29, 0.717) is 22.9 Å². The fourth-order valence-electron chi connectivity index (χ4n) is 2.90. The number of hydrogen-bond acceptors (Lipinski definition) is 3. The third-order valence-corrected chi connectivity index (χ3v) is 6.12. The van der Waals surface area contributed by atoms with E-state index < -0.39 is 10.0 Å². The average Bonchev–Trinajstić information content (AvgIpc) is 2.69. The molecule has 3 aromatic rings. The van der Waals surface area contributed by atoms with Crippen LogP contribution in [-0.2, 0) is 10.0 Å². The quantitative estimate of drug-likeness (QED) is 0.591. The first-order valence-electron chi connectivity index (χ1n) is 9.36. The highest BCUT2D eigenvalue weighted by atomic mass is 32.2. The third kappa shape index (κ3) is 5.03. The van der Waals surface area contributed by atoms with Gasteiger partial charge in [-0.05, 0) is 60.4 Å². The van der Waals surface area contributed by atoms with E-state index in [1.807, 2.05) is 30.3 Å². The van der Waals surface area contributed by atoms with Crippen LogP contribution in [0.1, 0.15) is 41.3 Å². The second-order valence-corrected chi connectivity index (χ2v) is 8.83. The highest BCUT2D eigenvalue weighted by molar-refractivity contribution is 7.92. The molecular formula is C23H24N2O3S. The zero-order valence-corrected chi connectivity index (χ0v) is 17.5. The molecule has 0 unspecified atom stereocenters. The van der Waals surface area contributed by atoms with Crippen LogP contribution in [0.3, 0.4) is 0 Å². The Morgan fingerprint density at radius 2 is 1.52 bits per heavy atom.